The van der Waals surface area contributed by atoms with Gasteiger partial charge >= 0.3 is 0 Å². The fourth-order valence-corrected chi connectivity index (χ4v) is 4.41. The summed E-state index contributed by atoms with van der Waals surface area (Å²) in [5.41, 5.74) is 5.93. The van der Waals surface area contributed by atoms with E-state index in [9.17, 15) is 0 Å². The Labute approximate surface area is 209 Å². The van der Waals surface area contributed by atoms with Crippen molar-refractivity contribution in [2.24, 2.45) is 0 Å². The number of aromatic nitrogens is 2. The third-order valence-electron chi connectivity index (χ3n) is 6.74. The summed E-state index contributed by atoms with van der Waals surface area (Å²) >= 11 is 0. The second-order valence-electron chi connectivity index (χ2n) is 9.73. The summed E-state index contributed by atoms with van der Waals surface area (Å²) in [6.45, 7) is 12.9. The number of hydrogen-bond acceptors (Lipinski definition) is 3. The van der Waals surface area contributed by atoms with E-state index in [1.165, 1.54) is 16.7 Å². The molecule has 0 saturated heterocycles. The predicted octanol–water partition coefficient (Wildman–Crippen LogP) is 8.03. The maximum atomic E-state index is 6.34. The number of aryl methyl sites for hydroxylation is 2. The van der Waals surface area contributed by atoms with E-state index in [0.717, 1.165) is 47.7 Å². The average molecular weight is 471 g/mol. The van der Waals surface area contributed by atoms with Crippen LogP contribution in [-0.4, -0.2) is 16.2 Å². The molecular weight excluding hydrogens is 432 g/mol. The number of ether oxygens (including phenoxy) is 2. The van der Waals surface area contributed by atoms with Crippen molar-refractivity contribution in [1.82, 2.24) is 9.55 Å². The second-order valence-corrected chi connectivity index (χ2v) is 9.73. The maximum absolute atomic E-state index is 6.34. The molecule has 0 radical (unpaired) electrons. The number of rotatable bonds is 11. The summed E-state index contributed by atoms with van der Waals surface area (Å²) in [4.78, 5) is 4.89. The Morgan fingerprint density at radius 3 is 2.43 bits per heavy atom. The van der Waals surface area contributed by atoms with Gasteiger partial charge in [-0.1, -0.05) is 64.1 Å². The lowest BCUT2D eigenvalue weighted by Crippen LogP contribution is -2.11. The molecule has 4 nitrogen and oxygen atoms in total. The van der Waals surface area contributed by atoms with Crippen LogP contribution in [0.2, 0.25) is 0 Å². The summed E-state index contributed by atoms with van der Waals surface area (Å²) in [5.74, 6) is 3.80. The van der Waals surface area contributed by atoms with Gasteiger partial charge in [0.1, 0.15) is 23.9 Å². The molecule has 0 N–H and O–H groups in total. The molecule has 35 heavy (non-hydrogen) atoms. The van der Waals surface area contributed by atoms with Gasteiger partial charge in [-0.15, -0.1) is 0 Å². The molecule has 184 valence electrons. The molecule has 0 aliphatic rings. The first kappa shape index (κ1) is 24.8. The Balaban J connectivity index is 1.43. The van der Waals surface area contributed by atoms with Gasteiger partial charge in [-0.25, -0.2) is 4.98 Å². The van der Waals surface area contributed by atoms with Crippen LogP contribution in [0.3, 0.4) is 0 Å². The summed E-state index contributed by atoms with van der Waals surface area (Å²) in [7, 11) is 0. The molecule has 1 unspecified atom stereocenters. The van der Waals surface area contributed by atoms with Crippen LogP contribution >= 0.6 is 0 Å². The molecule has 0 bridgehead atoms. The minimum absolute atomic E-state index is 0.404. The molecule has 1 heterocycles. The highest BCUT2D eigenvalue weighted by Gasteiger charge is 2.14. The van der Waals surface area contributed by atoms with E-state index in [0.29, 0.717) is 25.0 Å². The zero-order valence-electron chi connectivity index (χ0n) is 21.8. The fraction of sp³-hybridized carbons (Fsp3) is 0.387. The Morgan fingerprint density at radius 2 is 1.69 bits per heavy atom. The van der Waals surface area contributed by atoms with Crippen molar-refractivity contribution >= 4 is 11.0 Å². The lowest BCUT2D eigenvalue weighted by atomic mass is 9.99. The van der Waals surface area contributed by atoms with Gasteiger partial charge < -0.3 is 14.0 Å². The van der Waals surface area contributed by atoms with Gasteiger partial charge in [0.15, 0.2) is 0 Å². The number of nitrogens with zero attached hydrogens (tertiary/aromatic N) is 2. The largest absolute Gasteiger partial charge is 0.494 e. The van der Waals surface area contributed by atoms with E-state index in [4.69, 9.17) is 14.5 Å². The van der Waals surface area contributed by atoms with Gasteiger partial charge in [0.2, 0.25) is 0 Å². The first-order valence-electron chi connectivity index (χ1n) is 12.9. The highest BCUT2D eigenvalue weighted by Crippen LogP contribution is 2.29. The van der Waals surface area contributed by atoms with Gasteiger partial charge in [-0.05, 0) is 78.6 Å². The average Bonchev–Trinajstić information content (AvgIpc) is 3.22. The number of fused-ring (bicyclic) bond motifs is 1. The van der Waals surface area contributed by atoms with E-state index >= 15 is 0 Å². The van der Waals surface area contributed by atoms with Crippen molar-refractivity contribution in [2.75, 3.05) is 6.61 Å². The highest BCUT2D eigenvalue weighted by molar-refractivity contribution is 5.75. The number of benzene rings is 3. The van der Waals surface area contributed by atoms with Crippen molar-refractivity contribution < 1.29 is 9.47 Å². The zero-order chi connectivity index (χ0) is 24.8. The second kappa shape index (κ2) is 11.4. The standard InChI is InChI=1S/C31H38N2O2/c1-6-24(5)25-13-15-26(16-14-25)34-19-9-18-33-29-11-8-7-10-28(29)32-31(33)21-35-30-20-23(4)12-17-27(30)22(2)3/h7-8,10-17,20,22,24H,6,9,18-19,21H2,1-5H3. The van der Waals surface area contributed by atoms with Crippen LogP contribution in [0.5, 0.6) is 11.5 Å². The van der Waals surface area contributed by atoms with Gasteiger partial charge in [0.25, 0.3) is 0 Å². The minimum Gasteiger partial charge on any atom is -0.494 e. The molecule has 1 aromatic heterocycles. The summed E-state index contributed by atoms with van der Waals surface area (Å²) in [6.07, 6.45) is 2.04. The zero-order valence-corrected chi connectivity index (χ0v) is 21.8. The van der Waals surface area contributed by atoms with Crippen molar-refractivity contribution in [3.05, 3.63) is 89.2 Å². The summed E-state index contributed by atoms with van der Waals surface area (Å²) in [5, 5.41) is 0. The van der Waals surface area contributed by atoms with Gasteiger partial charge in [-0.2, -0.15) is 0 Å². The summed E-state index contributed by atoms with van der Waals surface area (Å²) in [6, 6.07) is 23.3. The molecule has 0 saturated carbocycles. The van der Waals surface area contributed by atoms with Crippen LogP contribution in [0.4, 0.5) is 0 Å². The smallest absolute Gasteiger partial charge is 0.148 e. The highest BCUT2D eigenvalue weighted by atomic mass is 16.5. The quantitative estimate of drug-likeness (QED) is 0.208. The third kappa shape index (κ3) is 6.05. The fourth-order valence-electron chi connectivity index (χ4n) is 4.41. The van der Waals surface area contributed by atoms with Crippen LogP contribution < -0.4 is 9.47 Å². The Hall–Kier alpha value is -3.27. The molecule has 3 aromatic carbocycles. The van der Waals surface area contributed by atoms with Crippen LogP contribution in [0.1, 0.15) is 74.9 Å². The Bertz CT molecular complexity index is 1240. The molecule has 0 spiro atoms. The van der Waals surface area contributed by atoms with E-state index in [1.54, 1.807) is 0 Å². The number of hydrogen-bond donors (Lipinski definition) is 0. The maximum Gasteiger partial charge on any atom is 0.148 e. The molecule has 4 rings (SSSR count). The molecule has 0 aliphatic carbocycles. The van der Waals surface area contributed by atoms with Crippen LogP contribution in [0.25, 0.3) is 11.0 Å². The van der Waals surface area contributed by atoms with Crippen molar-refractivity contribution in [1.29, 1.82) is 0 Å². The van der Waals surface area contributed by atoms with Crippen LogP contribution in [-0.2, 0) is 13.2 Å². The summed E-state index contributed by atoms with van der Waals surface area (Å²) < 4.78 is 14.7. The third-order valence-corrected chi connectivity index (χ3v) is 6.74. The normalized spacial score (nSPS) is 12.3. The van der Waals surface area contributed by atoms with Gasteiger partial charge in [0.05, 0.1) is 17.6 Å². The van der Waals surface area contributed by atoms with Crippen molar-refractivity contribution in [3.8, 4) is 11.5 Å². The number of para-hydroxylation sites is 2. The van der Waals surface area contributed by atoms with Crippen LogP contribution in [0.15, 0.2) is 66.7 Å². The van der Waals surface area contributed by atoms with E-state index in [-0.39, 0.29) is 0 Å². The SMILES string of the molecule is CCC(C)c1ccc(OCCCn2c(COc3cc(C)ccc3C(C)C)nc3ccccc32)cc1. The molecule has 0 aliphatic heterocycles. The van der Waals surface area contributed by atoms with Crippen molar-refractivity contribution in [2.45, 2.75) is 72.4 Å². The van der Waals surface area contributed by atoms with E-state index in [2.05, 4.69) is 99.8 Å². The van der Waals surface area contributed by atoms with Crippen LogP contribution in [0, 0.1) is 6.92 Å². The molecule has 0 fully saturated rings. The van der Waals surface area contributed by atoms with Gasteiger partial charge in [0, 0.05) is 6.54 Å². The van der Waals surface area contributed by atoms with Crippen molar-refractivity contribution in [3.63, 3.8) is 0 Å². The van der Waals surface area contributed by atoms with Gasteiger partial charge in [-0.3, -0.25) is 0 Å². The minimum atomic E-state index is 0.404. The first-order valence-corrected chi connectivity index (χ1v) is 12.9. The molecule has 0 amide bonds. The Kier molecular flexibility index (Phi) is 8.12. The molecule has 4 aromatic rings. The molecule has 1 atom stereocenters. The van der Waals surface area contributed by atoms with E-state index in [1.807, 2.05) is 6.07 Å². The Morgan fingerprint density at radius 1 is 0.914 bits per heavy atom. The predicted molar refractivity (Wildman–Crippen MR) is 145 cm³/mol. The topological polar surface area (TPSA) is 36.3 Å². The first-order chi connectivity index (χ1) is 17.0. The molecule has 4 heteroatoms. The molecular formula is C31H38N2O2. The number of imidazole rings is 1. The monoisotopic (exact) mass is 470 g/mol. The lowest BCUT2D eigenvalue weighted by Gasteiger charge is -2.16. The van der Waals surface area contributed by atoms with E-state index < -0.39 is 0 Å². The lowest BCUT2D eigenvalue weighted by molar-refractivity contribution is 0.277.